The highest BCUT2D eigenvalue weighted by molar-refractivity contribution is 5.77. The summed E-state index contributed by atoms with van der Waals surface area (Å²) in [5.74, 6) is 0.635. The van der Waals surface area contributed by atoms with Gasteiger partial charge in [0.25, 0.3) is 5.91 Å². The topological polar surface area (TPSA) is 41.6 Å². The zero-order valence-corrected chi connectivity index (χ0v) is 16.5. The summed E-state index contributed by atoms with van der Waals surface area (Å²) in [4.78, 5) is 14.6. The fourth-order valence-corrected chi connectivity index (χ4v) is 3.56. The molecule has 0 unspecified atom stereocenters. The number of rotatable bonds is 7. The van der Waals surface area contributed by atoms with Crippen molar-refractivity contribution in [2.75, 3.05) is 19.7 Å². The first-order valence-electron chi connectivity index (χ1n) is 9.86. The average Bonchev–Trinajstić information content (AvgIpc) is 2.66. The van der Waals surface area contributed by atoms with E-state index in [4.69, 9.17) is 4.74 Å². The van der Waals surface area contributed by atoms with Gasteiger partial charge in [-0.3, -0.25) is 9.69 Å². The Balaban J connectivity index is 1.41. The van der Waals surface area contributed by atoms with E-state index in [9.17, 15) is 4.79 Å². The number of aryl methyl sites for hydroxylation is 2. The van der Waals surface area contributed by atoms with Crippen LogP contribution in [0.5, 0.6) is 5.75 Å². The minimum absolute atomic E-state index is 0.0376. The molecule has 1 amide bonds. The van der Waals surface area contributed by atoms with E-state index >= 15 is 0 Å². The molecule has 4 heteroatoms. The number of piperidine rings is 1. The van der Waals surface area contributed by atoms with Crippen LogP contribution >= 0.6 is 0 Å². The Morgan fingerprint density at radius 3 is 2.26 bits per heavy atom. The van der Waals surface area contributed by atoms with Gasteiger partial charge in [-0.05, 0) is 74.2 Å². The first-order valence-corrected chi connectivity index (χ1v) is 9.86. The highest BCUT2D eigenvalue weighted by atomic mass is 16.5. The summed E-state index contributed by atoms with van der Waals surface area (Å²) in [7, 11) is 0. The predicted octanol–water partition coefficient (Wildman–Crippen LogP) is 3.98. The van der Waals surface area contributed by atoms with Crippen LogP contribution < -0.4 is 10.1 Å². The van der Waals surface area contributed by atoms with Gasteiger partial charge in [0, 0.05) is 13.1 Å². The van der Waals surface area contributed by atoms with Gasteiger partial charge in [-0.15, -0.1) is 0 Å². The number of hydrogen-bond donors (Lipinski definition) is 1. The summed E-state index contributed by atoms with van der Waals surface area (Å²) in [6, 6.07) is 14.5. The van der Waals surface area contributed by atoms with Crippen LogP contribution in [0.25, 0.3) is 0 Å². The molecule has 1 aliphatic heterocycles. The van der Waals surface area contributed by atoms with Crippen LogP contribution in [0.3, 0.4) is 0 Å². The smallest absolute Gasteiger partial charge is 0.258 e. The first kappa shape index (κ1) is 19.4. The van der Waals surface area contributed by atoms with E-state index in [0.29, 0.717) is 6.54 Å². The lowest BCUT2D eigenvalue weighted by molar-refractivity contribution is -0.123. The number of ether oxygens (including phenoxy) is 1. The molecule has 0 spiro atoms. The lowest BCUT2D eigenvalue weighted by Crippen LogP contribution is -2.29. The zero-order chi connectivity index (χ0) is 19.1. The Morgan fingerprint density at radius 2 is 1.59 bits per heavy atom. The highest BCUT2D eigenvalue weighted by Crippen LogP contribution is 2.16. The molecule has 0 radical (unpaired) electrons. The molecule has 1 fully saturated rings. The van der Waals surface area contributed by atoms with Crippen molar-refractivity contribution in [2.24, 2.45) is 0 Å². The van der Waals surface area contributed by atoms with Crippen LogP contribution in [0.2, 0.25) is 0 Å². The van der Waals surface area contributed by atoms with E-state index in [1.54, 1.807) is 0 Å². The monoisotopic (exact) mass is 366 g/mol. The Morgan fingerprint density at radius 1 is 0.963 bits per heavy atom. The molecular weight excluding hydrogens is 336 g/mol. The Hall–Kier alpha value is -2.33. The maximum absolute atomic E-state index is 12.0. The third-order valence-electron chi connectivity index (χ3n) is 4.93. The summed E-state index contributed by atoms with van der Waals surface area (Å²) < 4.78 is 5.60. The number of amides is 1. The van der Waals surface area contributed by atoms with Gasteiger partial charge in [-0.1, -0.05) is 36.8 Å². The number of benzene rings is 2. The Bertz CT molecular complexity index is 729. The third kappa shape index (κ3) is 6.40. The fraction of sp³-hybridized carbons (Fsp3) is 0.435. The molecule has 1 saturated heterocycles. The summed E-state index contributed by atoms with van der Waals surface area (Å²) >= 11 is 0. The van der Waals surface area contributed by atoms with Crippen molar-refractivity contribution in [1.29, 1.82) is 0 Å². The number of carbonyl (C=O) groups is 1. The Labute approximate surface area is 162 Å². The molecule has 1 N–H and O–H groups in total. The van der Waals surface area contributed by atoms with Crippen molar-refractivity contribution < 1.29 is 9.53 Å². The fourth-order valence-electron chi connectivity index (χ4n) is 3.56. The van der Waals surface area contributed by atoms with Crippen molar-refractivity contribution in [3.8, 4) is 5.75 Å². The minimum Gasteiger partial charge on any atom is -0.484 e. The first-order chi connectivity index (χ1) is 13.1. The number of carbonyl (C=O) groups excluding carboxylic acids is 1. The summed E-state index contributed by atoms with van der Waals surface area (Å²) in [6.07, 6.45) is 3.99. The largest absolute Gasteiger partial charge is 0.484 e. The third-order valence-corrected chi connectivity index (χ3v) is 4.93. The maximum atomic E-state index is 12.0. The molecule has 0 aromatic heterocycles. The quantitative estimate of drug-likeness (QED) is 0.806. The molecular formula is C23H30N2O2. The van der Waals surface area contributed by atoms with Crippen LogP contribution in [-0.4, -0.2) is 30.5 Å². The number of hydrogen-bond acceptors (Lipinski definition) is 3. The van der Waals surface area contributed by atoms with Crippen molar-refractivity contribution in [2.45, 2.75) is 46.2 Å². The van der Waals surface area contributed by atoms with E-state index in [0.717, 1.165) is 29.0 Å². The van der Waals surface area contributed by atoms with Crippen LogP contribution in [-0.2, 0) is 17.9 Å². The number of nitrogens with one attached hydrogen (secondary N) is 1. The van der Waals surface area contributed by atoms with Crippen molar-refractivity contribution in [1.82, 2.24) is 10.2 Å². The maximum Gasteiger partial charge on any atom is 0.258 e. The second-order valence-corrected chi connectivity index (χ2v) is 7.54. The predicted molar refractivity (Wildman–Crippen MR) is 109 cm³/mol. The normalized spacial score (nSPS) is 14.7. The van der Waals surface area contributed by atoms with Crippen LogP contribution in [0.1, 0.15) is 41.5 Å². The van der Waals surface area contributed by atoms with E-state index in [2.05, 4.69) is 40.5 Å². The minimum atomic E-state index is -0.105. The highest BCUT2D eigenvalue weighted by Gasteiger charge is 2.10. The number of likely N-dealkylation sites (tertiary alicyclic amines) is 1. The van der Waals surface area contributed by atoms with Crippen molar-refractivity contribution >= 4 is 5.91 Å². The van der Waals surface area contributed by atoms with E-state index in [1.807, 2.05) is 26.0 Å². The van der Waals surface area contributed by atoms with Gasteiger partial charge < -0.3 is 10.1 Å². The number of nitrogens with zero attached hydrogens (tertiary/aromatic N) is 1. The molecule has 1 heterocycles. The van der Waals surface area contributed by atoms with E-state index < -0.39 is 0 Å². The molecule has 3 rings (SSSR count). The van der Waals surface area contributed by atoms with Gasteiger partial charge in [-0.2, -0.15) is 0 Å². The second-order valence-electron chi connectivity index (χ2n) is 7.54. The van der Waals surface area contributed by atoms with Gasteiger partial charge in [0.2, 0.25) is 0 Å². The molecule has 2 aromatic carbocycles. The van der Waals surface area contributed by atoms with Crippen molar-refractivity contribution in [3.05, 3.63) is 64.7 Å². The van der Waals surface area contributed by atoms with Gasteiger partial charge in [-0.25, -0.2) is 0 Å². The lowest BCUT2D eigenvalue weighted by atomic mass is 10.1. The van der Waals surface area contributed by atoms with Gasteiger partial charge in [0.1, 0.15) is 5.75 Å². The molecule has 0 atom stereocenters. The van der Waals surface area contributed by atoms with Gasteiger partial charge in [0.05, 0.1) is 0 Å². The molecule has 0 aliphatic carbocycles. The van der Waals surface area contributed by atoms with Gasteiger partial charge >= 0.3 is 0 Å². The van der Waals surface area contributed by atoms with Crippen LogP contribution in [0.15, 0.2) is 42.5 Å². The zero-order valence-electron chi connectivity index (χ0n) is 16.5. The van der Waals surface area contributed by atoms with Crippen LogP contribution in [0.4, 0.5) is 0 Å². The van der Waals surface area contributed by atoms with E-state index in [1.165, 1.54) is 37.9 Å². The molecule has 0 bridgehead atoms. The van der Waals surface area contributed by atoms with E-state index in [-0.39, 0.29) is 12.5 Å². The molecule has 27 heavy (non-hydrogen) atoms. The van der Waals surface area contributed by atoms with Crippen LogP contribution in [0, 0.1) is 13.8 Å². The summed E-state index contributed by atoms with van der Waals surface area (Å²) in [5, 5.41) is 2.92. The summed E-state index contributed by atoms with van der Waals surface area (Å²) in [5.41, 5.74) is 4.72. The summed E-state index contributed by atoms with van der Waals surface area (Å²) in [6.45, 7) is 8.05. The molecule has 0 saturated carbocycles. The average molecular weight is 367 g/mol. The van der Waals surface area contributed by atoms with Gasteiger partial charge in [0.15, 0.2) is 6.61 Å². The molecule has 4 nitrogen and oxygen atoms in total. The molecule has 1 aliphatic rings. The molecule has 2 aromatic rings. The second kappa shape index (κ2) is 9.56. The standard InChI is InChI=1S/C23H30N2O2/c1-18-12-19(2)14-22(13-18)27-17-23(26)24-15-20-6-8-21(9-7-20)16-25-10-4-3-5-11-25/h6-9,12-14H,3-5,10-11,15-17H2,1-2H3,(H,24,26). The Kier molecular flexibility index (Phi) is 6.88. The van der Waals surface area contributed by atoms with Crippen molar-refractivity contribution in [3.63, 3.8) is 0 Å². The lowest BCUT2D eigenvalue weighted by Gasteiger charge is -2.26. The molecule has 144 valence electrons. The SMILES string of the molecule is Cc1cc(C)cc(OCC(=O)NCc2ccc(CN3CCCCC3)cc2)c1.